The Morgan fingerprint density at radius 2 is 1.86 bits per heavy atom. The molecule has 0 saturated carbocycles. The van der Waals surface area contributed by atoms with Crippen LogP contribution in [0.25, 0.3) is 22.0 Å². The fourth-order valence-corrected chi connectivity index (χ4v) is 2.73. The van der Waals surface area contributed by atoms with Crippen LogP contribution in [0.4, 0.5) is 13.2 Å². The molecule has 0 aliphatic heterocycles. The molecule has 0 spiro atoms. The molecule has 0 atom stereocenters. The van der Waals surface area contributed by atoms with Gasteiger partial charge in [0.15, 0.2) is 0 Å². The maximum Gasteiger partial charge on any atom is 0.433 e. The molecule has 0 aliphatic rings. The predicted molar refractivity (Wildman–Crippen MR) is 76.6 cm³/mol. The maximum atomic E-state index is 12.5. The number of nitrogens with one attached hydrogen (secondary N) is 1. The molecule has 2 aromatic heterocycles. The SMILES string of the molecule is FC(F)(F)c1ccc(-c2c[nH]c3cc(Cl)cc(Cl)c23)cn1. The predicted octanol–water partition coefficient (Wildman–Crippen LogP) is 5.56. The minimum atomic E-state index is -4.45. The Labute approximate surface area is 127 Å². The third kappa shape index (κ3) is 2.59. The van der Waals surface area contributed by atoms with E-state index in [1.165, 1.54) is 12.3 Å². The van der Waals surface area contributed by atoms with Gasteiger partial charge in [-0.3, -0.25) is 4.98 Å². The molecule has 0 unspecified atom stereocenters. The standard InChI is InChI=1S/C14H7Cl2F3N2/c15-8-3-10(16)13-9(6-20-11(13)4-8)7-1-2-12(21-5-7)14(17,18)19/h1-6,20H. The van der Waals surface area contributed by atoms with Crippen LogP contribution in [0, 0.1) is 0 Å². The van der Waals surface area contributed by atoms with E-state index in [0.717, 1.165) is 6.07 Å². The van der Waals surface area contributed by atoms with Gasteiger partial charge in [0.2, 0.25) is 0 Å². The first-order chi connectivity index (χ1) is 9.86. The molecule has 0 amide bonds. The minimum absolute atomic E-state index is 0.425. The minimum Gasteiger partial charge on any atom is -0.360 e. The highest BCUT2D eigenvalue weighted by atomic mass is 35.5. The molecule has 0 bridgehead atoms. The summed E-state index contributed by atoms with van der Waals surface area (Å²) in [6.07, 6.45) is -1.61. The number of fused-ring (bicyclic) bond motifs is 1. The second-order valence-electron chi connectivity index (χ2n) is 4.44. The molecule has 3 rings (SSSR count). The normalized spacial score (nSPS) is 12.0. The average Bonchev–Trinajstić information content (AvgIpc) is 2.81. The molecular formula is C14H7Cl2F3N2. The van der Waals surface area contributed by atoms with Crippen LogP contribution in [0.15, 0.2) is 36.7 Å². The van der Waals surface area contributed by atoms with Crippen molar-refractivity contribution in [3.05, 3.63) is 52.4 Å². The van der Waals surface area contributed by atoms with Gasteiger partial charge in [0.05, 0.1) is 5.02 Å². The molecule has 3 aromatic rings. The van der Waals surface area contributed by atoms with Crippen LogP contribution >= 0.6 is 23.2 Å². The van der Waals surface area contributed by atoms with Gasteiger partial charge in [-0.15, -0.1) is 0 Å². The summed E-state index contributed by atoms with van der Waals surface area (Å²) in [6, 6.07) is 5.59. The average molecular weight is 331 g/mol. The van der Waals surface area contributed by atoms with Gasteiger partial charge < -0.3 is 4.98 Å². The Hall–Kier alpha value is -1.72. The summed E-state index contributed by atoms with van der Waals surface area (Å²) in [4.78, 5) is 6.45. The highest BCUT2D eigenvalue weighted by Gasteiger charge is 2.32. The summed E-state index contributed by atoms with van der Waals surface area (Å²) < 4.78 is 37.6. The molecular weight excluding hydrogens is 324 g/mol. The van der Waals surface area contributed by atoms with E-state index in [2.05, 4.69) is 9.97 Å². The zero-order chi connectivity index (χ0) is 15.2. The summed E-state index contributed by atoms with van der Waals surface area (Å²) in [5, 5.41) is 1.60. The number of rotatable bonds is 1. The number of halogens is 5. The van der Waals surface area contributed by atoms with Gasteiger partial charge in [-0.1, -0.05) is 29.3 Å². The highest BCUT2D eigenvalue weighted by Crippen LogP contribution is 2.36. The molecule has 1 N–H and O–H groups in total. The molecule has 2 heterocycles. The molecule has 7 heteroatoms. The van der Waals surface area contributed by atoms with Crippen molar-refractivity contribution in [1.82, 2.24) is 9.97 Å². The van der Waals surface area contributed by atoms with E-state index in [-0.39, 0.29) is 0 Å². The number of benzene rings is 1. The van der Waals surface area contributed by atoms with E-state index in [4.69, 9.17) is 23.2 Å². The fourth-order valence-electron chi connectivity index (χ4n) is 2.13. The smallest absolute Gasteiger partial charge is 0.360 e. The zero-order valence-electron chi connectivity index (χ0n) is 10.3. The summed E-state index contributed by atoms with van der Waals surface area (Å²) in [6.45, 7) is 0. The van der Waals surface area contributed by atoms with E-state index < -0.39 is 11.9 Å². The number of alkyl halides is 3. The van der Waals surface area contributed by atoms with E-state index in [1.54, 1.807) is 18.3 Å². The summed E-state index contributed by atoms with van der Waals surface area (Å²) in [5.74, 6) is 0. The first kappa shape index (κ1) is 14.2. The van der Waals surface area contributed by atoms with Crippen molar-refractivity contribution in [2.24, 2.45) is 0 Å². The Kier molecular flexibility index (Phi) is 3.34. The Balaban J connectivity index is 2.13. The zero-order valence-corrected chi connectivity index (χ0v) is 11.8. The number of hydrogen-bond donors (Lipinski definition) is 1. The van der Waals surface area contributed by atoms with E-state index in [9.17, 15) is 13.2 Å². The number of pyridine rings is 1. The molecule has 0 aliphatic carbocycles. The van der Waals surface area contributed by atoms with Gasteiger partial charge in [-0.25, -0.2) is 0 Å². The van der Waals surface area contributed by atoms with Gasteiger partial charge >= 0.3 is 6.18 Å². The Morgan fingerprint density at radius 1 is 1.10 bits per heavy atom. The molecule has 21 heavy (non-hydrogen) atoms. The molecule has 108 valence electrons. The molecule has 0 fully saturated rings. The van der Waals surface area contributed by atoms with Crippen molar-refractivity contribution in [3.8, 4) is 11.1 Å². The first-order valence-electron chi connectivity index (χ1n) is 5.86. The van der Waals surface area contributed by atoms with Crippen molar-refractivity contribution in [2.75, 3.05) is 0 Å². The van der Waals surface area contributed by atoms with Crippen molar-refractivity contribution in [1.29, 1.82) is 0 Å². The molecule has 2 nitrogen and oxygen atoms in total. The third-order valence-electron chi connectivity index (χ3n) is 3.06. The van der Waals surface area contributed by atoms with Crippen LogP contribution in [0.3, 0.4) is 0 Å². The molecule has 1 aromatic carbocycles. The summed E-state index contributed by atoms with van der Waals surface area (Å²) >= 11 is 12.1. The van der Waals surface area contributed by atoms with Crippen LogP contribution in [-0.4, -0.2) is 9.97 Å². The number of H-pyrrole nitrogens is 1. The fraction of sp³-hybridized carbons (Fsp3) is 0.0714. The van der Waals surface area contributed by atoms with Gasteiger partial charge in [-0.2, -0.15) is 13.2 Å². The third-order valence-corrected chi connectivity index (χ3v) is 3.58. The second kappa shape index (κ2) is 4.93. The van der Waals surface area contributed by atoms with Crippen molar-refractivity contribution in [3.63, 3.8) is 0 Å². The number of aromatic nitrogens is 2. The number of aromatic amines is 1. The molecule has 0 radical (unpaired) electrons. The first-order valence-corrected chi connectivity index (χ1v) is 6.61. The number of hydrogen-bond acceptors (Lipinski definition) is 1. The van der Waals surface area contributed by atoms with Crippen molar-refractivity contribution >= 4 is 34.1 Å². The topological polar surface area (TPSA) is 28.7 Å². The van der Waals surface area contributed by atoms with Crippen molar-refractivity contribution in [2.45, 2.75) is 6.18 Å². The van der Waals surface area contributed by atoms with Crippen LogP contribution in [0.2, 0.25) is 10.0 Å². The molecule has 0 saturated heterocycles. The largest absolute Gasteiger partial charge is 0.433 e. The van der Waals surface area contributed by atoms with Crippen LogP contribution in [0.5, 0.6) is 0 Å². The maximum absolute atomic E-state index is 12.5. The van der Waals surface area contributed by atoms with E-state index >= 15 is 0 Å². The van der Waals surface area contributed by atoms with Gasteiger partial charge in [0.25, 0.3) is 0 Å². The van der Waals surface area contributed by atoms with Crippen LogP contribution < -0.4 is 0 Å². The lowest BCUT2D eigenvalue weighted by atomic mass is 10.1. The van der Waals surface area contributed by atoms with Crippen LogP contribution in [0.1, 0.15) is 5.69 Å². The van der Waals surface area contributed by atoms with E-state index in [0.29, 0.717) is 32.1 Å². The van der Waals surface area contributed by atoms with Crippen molar-refractivity contribution < 1.29 is 13.2 Å². The monoisotopic (exact) mass is 330 g/mol. The highest BCUT2D eigenvalue weighted by molar-refractivity contribution is 6.39. The Morgan fingerprint density at radius 3 is 2.48 bits per heavy atom. The van der Waals surface area contributed by atoms with Crippen LogP contribution in [-0.2, 0) is 6.18 Å². The van der Waals surface area contributed by atoms with Gasteiger partial charge in [-0.05, 0) is 18.2 Å². The quantitative estimate of drug-likeness (QED) is 0.622. The van der Waals surface area contributed by atoms with E-state index in [1.807, 2.05) is 0 Å². The summed E-state index contributed by atoms with van der Waals surface area (Å²) in [5.41, 5.74) is 0.994. The Bertz CT molecular complexity index is 807. The number of nitrogens with zero attached hydrogens (tertiary/aromatic N) is 1. The lowest BCUT2D eigenvalue weighted by molar-refractivity contribution is -0.141. The lowest BCUT2D eigenvalue weighted by Gasteiger charge is -2.06. The summed E-state index contributed by atoms with van der Waals surface area (Å²) in [7, 11) is 0. The van der Waals surface area contributed by atoms with Gasteiger partial charge in [0.1, 0.15) is 5.69 Å². The second-order valence-corrected chi connectivity index (χ2v) is 5.29. The van der Waals surface area contributed by atoms with Gasteiger partial charge in [0, 0.05) is 39.4 Å². The lowest BCUT2D eigenvalue weighted by Crippen LogP contribution is -2.07.